The SMILES string of the molecule is CC1(C)OCCC1N1CCCC1C(=O)O. The molecular formula is C11H19NO3. The van der Waals surface area contributed by atoms with Crippen LogP contribution in [0.3, 0.4) is 0 Å². The standard InChI is InChI=1S/C11H19NO3/c1-11(2)9(5-7-15-11)12-6-3-4-8(12)10(13)14/h8-9H,3-7H2,1-2H3,(H,13,14). The van der Waals surface area contributed by atoms with Gasteiger partial charge in [-0.2, -0.15) is 0 Å². The zero-order chi connectivity index (χ0) is 11.1. The lowest BCUT2D eigenvalue weighted by Crippen LogP contribution is -2.50. The molecule has 15 heavy (non-hydrogen) atoms. The molecule has 0 aromatic rings. The molecule has 2 aliphatic rings. The number of carboxylic acids is 1. The molecule has 2 fully saturated rings. The molecule has 2 heterocycles. The van der Waals surface area contributed by atoms with Crippen molar-refractivity contribution in [2.45, 2.75) is 50.8 Å². The van der Waals surface area contributed by atoms with E-state index in [1.165, 1.54) is 0 Å². The van der Waals surface area contributed by atoms with Crippen molar-refractivity contribution in [3.63, 3.8) is 0 Å². The van der Waals surface area contributed by atoms with E-state index < -0.39 is 5.97 Å². The maximum atomic E-state index is 11.1. The highest BCUT2D eigenvalue weighted by Crippen LogP contribution is 2.34. The van der Waals surface area contributed by atoms with Crippen LogP contribution in [0.1, 0.15) is 33.1 Å². The first kappa shape index (κ1) is 10.9. The molecule has 4 nitrogen and oxygen atoms in total. The molecule has 0 radical (unpaired) electrons. The molecule has 2 atom stereocenters. The molecule has 86 valence electrons. The summed E-state index contributed by atoms with van der Waals surface area (Å²) in [7, 11) is 0. The smallest absolute Gasteiger partial charge is 0.320 e. The Morgan fingerprint density at radius 1 is 1.47 bits per heavy atom. The number of rotatable bonds is 2. The lowest BCUT2D eigenvalue weighted by Gasteiger charge is -2.35. The number of nitrogens with zero attached hydrogens (tertiary/aromatic N) is 1. The molecule has 4 heteroatoms. The summed E-state index contributed by atoms with van der Waals surface area (Å²) in [5, 5.41) is 9.13. The normalized spacial score (nSPS) is 35.9. The minimum absolute atomic E-state index is 0.196. The van der Waals surface area contributed by atoms with Gasteiger partial charge in [0.05, 0.1) is 5.60 Å². The molecule has 0 saturated carbocycles. The van der Waals surface area contributed by atoms with Crippen molar-refractivity contribution in [1.82, 2.24) is 4.90 Å². The fourth-order valence-corrected chi connectivity index (χ4v) is 2.87. The van der Waals surface area contributed by atoms with E-state index >= 15 is 0 Å². The fourth-order valence-electron chi connectivity index (χ4n) is 2.87. The fraction of sp³-hybridized carbons (Fsp3) is 0.909. The minimum Gasteiger partial charge on any atom is -0.480 e. The van der Waals surface area contributed by atoms with Crippen LogP contribution >= 0.6 is 0 Å². The zero-order valence-corrected chi connectivity index (χ0v) is 9.40. The topological polar surface area (TPSA) is 49.8 Å². The minimum atomic E-state index is -0.685. The molecule has 1 N–H and O–H groups in total. The Morgan fingerprint density at radius 2 is 2.20 bits per heavy atom. The average Bonchev–Trinajstić information content (AvgIpc) is 2.69. The van der Waals surface area contributed by atoms with Gasteiger partial charge in [-0.15, -0.1) is 0 Å². The van der Waals surface area contributed by atoms with E-state index in [-0.39, 0.29) is 17.7 Å². The van der Waals surface area contributed by atoms with Gasteiger partial charge in [-0.1, -0.05) is 0 Å². The molecule has 2 rings (SSSR count). The summed E-state index contributed by atoms with van der Waals surface area (Å²) in [6, 6.07) is -0.0305. The molecule has 0 spiro atoms. The molecule has 0 aliphatic carbocycles. The average molecular weight is 213 g/mol. The van der Waals surface area contributed by atoms with Gasteiger partial charge in [0.25, 0.3) is 0 Å². The number of ether oxygens (including phenoxy) is 1. The van der Waals surface area contributed by atoms with Gasteiger partial charge in [0, 0.05) is 12.6 Å². The van der Waals surface area contributed by atoms with Crippen molar-refractivity contribution in [2.75, 3.05) is 13.2 Å². The van der Waals surface area contributed by atoms with E-state index in [1.54, 1.807) is 0 Å². The van der Waals surface area contributed by atoms with Crippen molar-refractivity contribution in [1.29, 1.82) is 0 Å². The van der Waals surface area contributed by atoms with Crippen molar-refractivity contribution in [2.24, 2.45) is 0 Å². The largest absolute Gasteiger partial charge is 0.480 e. The van der Waals surface area contributed by atoms with Gasteiger partial charge < -0.3 is 9.84 Å². The number of likely N-dealkylation sites (tertiary alicyclic amines) is 1. The van der Waals surface area contributed by atoms with Crippen molar-refractivity contribution < 1.29 is 14.6 Å². The van der Waals surface area contributed by atoms with E-state index in [9.17, 15) is 4.79 Å². The van der Waals surface area contributed by atoms with Crippen molar-refractivity contribution in [3.05, 3.63) is 0 Å². The van der Waals surface area contributed by atoms with Gasteiger partial charge in [0.15, 0.2) is 0 Å². The Kier molecular flexibility index (Phi) is 2.73. The molecule has 0 aromatic heterocycles. The Labute approximate surface area is 90.2 Å². The Balaban J connectivity index is 2.12. The van der Waals surface area contributed by atoms with Crippen LogP contribution < -0.4 is 0 Å². The van der Waals surface area contributed by atoms with Gasteiger partial charge in [0.1, 0.15) is 6.04 Å². The molecule has 0 bridgehead atoms. The van der Waals surface area contributed by atoms with Crippen LogP contribution in [0.2, 0.25) is 0 Å². The van der Waals surface area contributed by atoms with Crippen LogP contribution in [0.4, 0.5) is 0 Å². The van der Waals surface area contributed by atoms with Crippen LogP contribution in [0.5, 0.6) is 0 Å². The van der Waals surface area contributed by atoms with Crippen LogP contribution in [-0.4, -0.2) is 46.8 Å². The monoisotopic (exact) mass is 213 g/mol. The Hall–Kier alpha value is -0.610. The van der Waals surface area contributed by atoms with Crippen LogP contribution in [-0.2, 0) is 9.53 Å². The molecule has 2 aliphatic heterocycles. The van der Waals surface area contributed by atoms with Gasteiger partial charge in [-0.05, 0) is 39.7 Å². The lowest BCUT2D eigenvalue weighted by molar-refractivity contribution is -0.144. The van der Waals surface area contributed by atoms with Crippen LogP contribution in [0.15, 0.2) is 0 Å². The highest BCUT2D eigenvalue weighted by molar-refractivity contribution is 5.73. The first-order chi connectivity index (χ1) is 7.02. The summed E-state index contributed by atoms with van der Waals surface area (Å²) >= 11 is 0. The van der Waals surface area contributed by atoms with E-state index in [2.05, 4.69) is 18.7 Å². The maximum Gasteiger partial charge on any atom is 0.320 e. The molecule has 0 aromatic carbocycles. The molecule has 2 saturated heterocycles. The van der Waals surface area contributed by atoms with Gasteiger partial charge >= 0.3 is 5.97 Å². The van der Waals surface area contributed by atoms with Crippen LogP contribution in [0, 0.1) is 0 Å². The van der Waals surface area contributed by atoms with E-state index in [4.69, 9.17) is 9.84 Å². The first-order valence-electron chi connectivity index (χ1n) is 5.65. The summed E-state index contributed by atoms with van der Waals surface area (Å²) in [5.41, 5.74) is -0.196. The predicted molar refractivity (Wildman–Crippen MR) is 55.8 cm³/mol. The zero-order valence-electron chi connectivity index (χ0n) is 9.40. The molecule has 0 amide bonds. The number of carbonyl (C=O) groups is 1. The van der Waals surface area contributed by atoms with E-state index in [0.29, 0.717) is 0 Å². The van der Waals surface area contributed by atoms with E-state index in [0.717, 1.165) is 32.4 Å². The van der Waals surface area contributed by atoms with Gasteiger partial charge in [-0.25, -0.2) is 0 Å². The highest BCUT2D eigenvalue weighted by Gasteiger charge is 2.45. The first-order valence-corrected chi connectivity index (χ1v) is 5.65. The van der Waals surface area contributed by atoms with Crippen molar-refractivity contribution in [3.8, 4) is 0 Å². The summed E-state index contributed by atoms with van der Waals surface area (Å²) in [5.74, 6) is -0.685. The van der Waals surface area contributed by atoms with Crippen LogP contribution in [0.25, 0.3) is 0 Å². The molecule has 2 unspecified atom stereocenters. The number of hydrogen-bond acceptors (Lipinski definition) is 3. The summed E-state index contributed by atoms with van der Waals surface area (Å²) in [4.78, 5) is 13.2. The predicted octanol–water partition coefficient (Wildman–Crippen LogP) is 1.10. The molecular weight excluding hydrogens is 194 g/mol. The second-order valence-corrected chi connectivity index (χ2v) is 4.99. The lowest BCUT2D eigenvalue weighted by atomic mass is 9.96. The summed E-state index contributed by atoms with van der Waals surface area (Å²) < 4.78 is 5.66. The Bertz CT molecular complexity index is 265. The van der Waals surface area contributed by atoms with E-state index in [1.807, 2.05) is 0 Å². The van der Waals surface area contributed by atoms with Crippen molar-refractivity contribution >= 4 is 5.97 Å². The number of hydrogen-bond donors (Lipinski definition) is 1. The second kappa shape index (κ2) is 3.76. The van der Waals surface area contributed by atoms with Gasteiger partial charge in [-0.3, -0.25) is 9.69 Å². The quantitative estimate of drug-likeness (QED) is 0.746. The maximum absolute atomic E-state index is 11.1. The Morgan fingerprint density at radius 3 is 2.73 bits per heavy atom. The third-order valence-corrected chi connectivity index (χ3v) is 3.65. The summed E-state index contributed by atoms with van der Waals surface area (Å²) in [6.07, 6.45) is 2.72. The number of aliphatic carboxylic acids is 1. The second-order valence-electron chi connectivity index (χ2n) is 4.99. The number of carboxylic acid groups (broad SMARTS) is 1. The summed E-state index contributed by atoms with van der Waals surface area (Å²) in [6.45, 7) is 5.76. The highest BCUT2D eigenvalue weighted by atomic mass is 16.5. The third-order valence-electron chi connectivity index (χ3n) is 3.65. The van der Waals surface area contributed by atoms with Gasteiger partial charge in [0.2, 0.25) is 0 Å². The third kappa shape index (κ3) is 1.88.